The van der Waals surface area contributed by atoms with E-state index in [1.54, 1.807) is 0 Å². The van der Waals surface area contributed by atoms with Crippen molar-refractivity contribution in [2.24, 2.45) is 0 Å². The molecule has 0 spiro atoms. The van der Waals surface area contributed by atoms with Crippen molar-refractivity contribution < 1.29 is 0 Å². The maximum absolute atomic E-state index is 12.9. The molecule has 1 aromatic rings. The van der Waals surface area contributed by atoms with Gasteiger partial charge in [0.2, 0.25) is 0 Å². The summed E-state index contributed by atoms with van der Waals surface area (Å²) < 4.78 is 2.07. The van der Waals surface area contributed by atoms with E-state index in [9.17, 15) is 4.79 Å². The molecule has 1 aliphatic rings. The van der Waals surface area contributed by atoms with Crippen molar-refractivity contribution in [1.82, 2.24) is 9.88 Å². The molecule has 1 fully saturated rings. The number of nitrogens with zero attached hydrogens (tertiary/aromatic N) is 1. The molecular weight excluding hydrogens is 260 g/mol. The van der Waals surface area contributed by atoms with E-state index in [0.717, 1.165) is 36.1 Å². The first kappa shape index (κ1) is 16.3. The van der Waals surface area contributed by atoms with Gasteiger partial charge < -0.3 is 9.88 Å². The van der Waals surface area contributed by atoms with Crippen LogP contribution in [0, 0.1) is 13.8 Å². The molecule has 0 saturated heterocycles. The first-order chi connectivity index (χ1) is 10.0. The van der Waals surface area contributed by atoms with Crippen molar-refractivity contribution in [3.05, 3.63) is 33.2 Å². The average Bonchev–Trinajstić information content (AvgIpc) is 2.47. The predicted octanol–water partition coefficient (Wildman–Crippen LogP) is 3.86. The molecule has 1 unspecified atom stereocenters. The van der Waals surface area contributed by atoms with Gasteiger partial charge in [-0.1, -0.05) is 26.2 Å². The van der Waals surface area contributed by atoms with Gasteiger partial charge in [-0.25, -0.2) is 0 Å². The summed E-state index contributed by atoms with van der Waals surface area (Å²) in [5, 5.41) is 3.47. The Morgan fingerprint density at radius 2 is 1.95 bits per heavy atom. The number of aryl methyl sites for hydroxylation is 2. The Morgan fingerprint density at radius 3 is 2.57 bits per heavy atom. The van der Waals surface area contributed by atoms with Crippen molar-refractivity contribution in [3.63, 3.8) is 0 Å². The van der Waals surface area contributed by atoms with E-state index < -0.39 is 0 Å². The number of rotatable bonds is 5. The molecule has 2 rings (SSSR count). The molecule has 0 bridgehead atoms. The van der Waals surface area contributed by atoms with Gasteiger partial charge in [0.25, 0.3) is 5.56 Å². The van der Waals surface area contributed by atoms with Crippen molar-refractivity contribution in [3.8, 4) is 0 Å². The molecule has 3 nitrogen and oxygen atoms in total. The predicted molar refractivity (Wildman–Crippen MR) is 88.9 cm³/mol. The van der Waals surface area contributed by atoms with Crippen LogP contribution in [0.25, 0.3) is 0 Å². The molecule has 1 aliphatic carbocycles. The Hall–Kier alpha value is -1.09. The fourth-order valence-electron chi connectivity index (χ4n) is 3.37. The topological polar surface area (TPSA) is 34.0 Å². The first-order valence-electron chi connectivity index (χ1n) is 8.49. The number of hydrogen-bond acceptors (Lipinski definition) is 2. The van der Waals surface area contributed by atoms with Gasteiger partial charge in [0.1, 0.15) is 0 Å². The summed E-state index contributed by atoms with van der Waals surface area (Å²) in [7, 11) is 0. The minimum Gasteiger partial charge on any atom is -0.310 e. The summed E-state index contributed by atoms with van der Waals surface area (Å²) in [6.07, 6.45) is 7.22. The average molecular weight is 290 g/mol. The zero-order chi connectivity index (χ0) is 15.4. The summed E-state index contributed by atoms with van der Waals surface area (Å²) in [5.74, 6) is 0. The van der Waals surface area contributed by atoms with E-state index in [-0.39, 0.29) is 5.56 Å². The Labute approximate surface area is 128 Å². The van der Waals surface area contributed by atoms with Crippen LogP contribution in [-0.2, 0) is 6.54 Å². The van der Waals surface area contributed by atoms with Crippen molar-refractivity contribution in [1.29, 1.82) is 0 Å². The van der Waals surface area contributed by atoms with Crippen LogP contribution in [0.2, 0.25) is 0 Å². The summed E-state index contributed by atoms with van der Waals surface area (Å²) in [4.78, 5) is 12.9. The fourth-order valence-corrected chi connectivity index (χ4v) is 3.37. The van der Waals surface area contributed by atoms with Gasteiger partial charge in [0.05, 0.1) is 0 Å². The van der Waals surface area contributed by atoms with Crippen LogP contribution in [0.4, 0.5) is 0 Å². The Bertz CT molecular complexity index is 527. The molecule has 21 heavy (non-hydrogen) atoms. The standard InChI is InChI=1S/C18H30N2O/c1-5-14(3)19-12-17-13(2)11-15(4)20(18(17)21)16-9-7-6-8-10-16/h11,14,16,19H,5-10,12H2,1-4H3. The summed E-state index contributed by atoms with van der Waals surface area (Å²) >= 11 is 0. The van der Waals surface area contributed by atoms with E-state index in [4.69, 9.17) is 0 Å². The smallest absolute Gasteiger partial charge is 0.255 e. The maximum atomic E-state index is 12.9. The number of pyridine rings is 1. The molecule has 0 radical (unpaired) electrons. The van der Waals surface area contributed by atoms with Gasteiger partial charge in [-0.15, -0.1) is 0 Å². The van der Waals surface area contributed by atoms with Gasteiger partial charge in [-0.2, -0.15) is 0 Å². The Kier molecular flexibility index (Phi) is 5.63. The highest BCUT2D eigenvalue weighted by atomic mass is 16.1. The third-order valence-corrected chi connectivity index (χ3v) is 4.94. The lowest BCUT2D eigenvalue weighted by molar-refractivity contribution is 0.340. The maximum Gasteiger partial charge on any atom is 0.255 e. The highest BCUT2D eigenvalue weighted by Crippen LogP contribution is 2.28. The van der Waals surface area contributed by atoms with Crippen LogP contribution in [0.5, 0.6) is 0 Å². The SMILES string of the molecule is CCC(C)NCc1c(C)cc(C)n(C2CCCCC2)c1=O. The summed E-state index contributed by atoms with van der Waals surface area (Å²) in [6, 6.07) is 3.05. The number of nitrogens with one attached hydrogen (secondary N) is 1. The van der Waals surface area contributed by atoms with Gasteiger partial charge in [-0.05, 0) is 51.7 Å². The molecular formula is C18H30N2O. The zero-order valence-corrected chi connectivity index (χ0v) is 14.0. The van der Waals surface area contributed by atoms with Gasteiger partial charge in [0.15, 0.2) is 0 Å². The molecule has 0 amide bonds. The van der Waals surface area contributed by atoms with E-state index in [1.165, 1.54) is 19.3 Å². The first-order valence-corrected chi connectivity index (χ1v) is 8.49. The molecule has 1 heterocycles. The van der Waals surface area contributed by atoms with Gasteiger partial charge in [-0.3, -0.25) is 4.79 Å². The molecule has 1 N–H and O–H groups in total. The molecule has 1 atom stereocenters. The second-order valence-electron chi connectivity index (χ2n) is 6.60. The van der Waals surface area contributed by atoms with Gasteiger partial charge >= 0.3 is 0 Å². The largest absolute Gasteiger partial charge is 0.310 e. The molecule has 3 heteroatoms. The van der Waals surface area contributed by atoms with Crippen molar-refractivity contribution in [2.45, 2.75) is 84.8 Å². The molecule has 1 aromatic heterocycles. The van der Waals surface area contributed by atoms with Crippen LogP contribution in [0.3, 0.4) is 0 Å². The molecule has 0 aliphatic heterocycles. The lowest BCUT2D eigenvalue weighted by Crippen LogP contribution is -2.35. The Balaban J connectivity index is 2.30. The quantitative estimate of drug-likeness (QED) is 0.893. The minimum atomic E-state index is 0.232. The Morgan fingerprint density at radius 1 is 1.29 bits per heavy atom. The summed E-state index contributed by atoms with van der Waals surface area (Å²) in [5.41, 5.74) is 3.43. The highest BCUT2D eigenvalue weighted by molar-refractivity contribution is 5.26. The van der Waals surface area contributed by atoms with Crippen LogP contribution in [0.15, 0.2) is 10.9 Å². The monoisotopic (exact) mass is 290 g/mol. The molecule has 0 aromatic carbocycles. The highest BCUT2D eigenvalue weighted by Gasteiger charge is 2.20. The number of aromatic nitrogens is 1. The normalized spacial score (nSPS) is 17.9. The molecule has 1 saturated carbocycles. The second kappa shape index (κ2) is 7.26. The van der Waals surface area contributed by atoms with Gasteiger partial charge in [0, 0.05) is 29.9 Å². The van der Waals surface area contributed by atoms with Crippen LogP contribution in [0.1, 0.15) is 75.2 Å². The summed E-state index contributed by atoms with van der Waals surface area (Å²) in [6.45, 7) is 9.16. The van der Waals surface area contributed by atoms with E-state index in [0.29, 0.717) is 18.6 Å². The van der Waals surface area contributed by atoms with Crippen molar-refractivity contribution in [2.75, 3.05) is 0 Å². The van der Waals surface area contributed by atoms with Crippen LogP contribution < -0.4 is 10.9 Å². The third kappa shape index (κ3) is 3.76. The van der Waals surface area contributed by atoms with E-state index in [2.05, 4.69) is 43.6 Å². The third-order valence-electron chi connectivity index (χ3n) is 4.94. The minimum absolute atomic E-state index is 0.232. The van der Waals surface area contributed by atoms with Crippen molar-refractivity contribution >= 4 is 0 Å². The number of hydrogen-bond donors (Lipinski definition) is 1. The van der Waals surface area contributed by atoms with Crippen LogP contribution >= 0.6 is 0 Å². The van der Waals surface area contributed by atoms with Crippen LogP contribution in [-0.4, -0.2) is 10.6 Å². The van der Waals surface area contributed by atoms with E-state index >= 15 is 0 Å². The lowest BCUT2D eigenvalue weighted by Gasteiger charge is -2.27. The fraction of sp³-hybridized carbons (Fsp3) is 0.722. The van der Waals surface area contributed by atoms with E-state index in [1.807, 2.05) is 0 Å². The molecule has 118 valence electrons. The zero-order valence-electron chi connectivity index (χ0n) is 14.0. The lowest BCUT2D eigenvalue weighted by atomic mass is 9.94. The second-order valence-corrected chi connectivity index (χ2v) is 6.60.